The minimum Gasteiger partial charge on any atom is -0.497 e. The van der Waals surface area contributed by atoms with Gasteiger partial charge in [0.15, 0.2) is 0 Å². The van der Waals surface area contributed by atoms with Crippen LogP contribution in [0, 0.1) is 0 Å². The van der Waals surface area contributed by atoms with Crippen LogP contribution in [0.25, 0.3) is 0 Å². The Kier molecular flexibility index (Phi) is 4.06. The Morgan fingerprint density at radius 3 is 2.54 bits per heavy atom. The fraction of sp³-hybridized carbons (Fsp3) is 0.188. The zero-order chi connectivity index (χ0) is 17.3. The number of hydrogen-bond acceptors (Lipinski definition) is 5. The van der Waals surface area contributed by atoms with E-state index in [9.17, 15) is 13.2 Å². The van der Waals surface area contributed by atoms with E-state index in [2.05, 4.69) is 5.32 Å². The van der Waals surface area contributed by atoms with Crippen molar-refractivity contribution in [2.45, 2.75) is 4.90 Å². The molecule has 24 heavy (non-hydrogen) atoms. The van der Waals surface area contributed by atoms with Crippen LogP contribution in [-0.4, -0.2) is 35.1 Å². The number of nitrogens with zero attached hydrogens (tertiary/aromatic N) is 1. The molecule has 0 bridgehead atoms. The number of amides is 1. The van der Waals surface area contributed by atoms with Gasteiger partial charge in [0.25, 0.3) is 10.0 Å². The zero-order valence-corrected chi connectivity index (χ0v) is 14.0. The number of ether oxygens (including phenoxy) is 2. The second kappa shape index (κ2) is 6.04. The molecule has 0 unspecified atom stereocenters. The summed E-state index contributed by atoms with van der Waals surface area (Å²) in [5.41, 5.74) is 0.861. The van der Waals surface area contributed by atoms with Crippen LogP contribution in [0.1, 0.15) is 0 Å². The Morgan fingerprint density at radius 2 is 1.83 bits per heavy atom. The normalized spacial score (nSPS) is 13.9. The van der Waals surface area contributed by atoms with Crippen molar-refractivity contribution >= 4 is 27.3 Å². The Bertz CT molecular complexity index is 895. The molecular formula is C16H16N2O5S. The molecule has 1 N–H and O–H groups in total. The molecule has 0 aromatic heterocycles. The van der Waals surface area contributed by atoms with Crippen molar-refractivity contribution in [3.63, 3.8) is 0 Å². The van der Waals surface area contributed by atoms with E-state index in [1.807, 2.05) is 0 Å². The topological polar surface area (TPSA) is 84.9 Å². The van der Waals surface area contributed by atoms with Gasteiger partial charge in [-0.1, -0.05) is 12.1 Å². The smallest absolute Gasteiger partial charge is 0.268 e. The molecule has 3 rings (SSSR count). The fourth-order valence-corrected chi connectivity index (χ4v) is 4.10. The van der Waals surface area contributed by atoms with E-state index < -0.39 is 15.9 Å². The zero-order valence-electron chi connectivity index (χ0n) is 13.1. The predicted molar refractivity (Wildman–Crippen MR) is 89.1 cm³/mol. The van der Waals surface area contributed by atoms with Crippen LogP contribution in [0.5, 0.6) is 11.5 Å². The summed E-state index contributed by atoms with van der Waals surface area (Å²) in [7, 11) is -1.12. The van der Waals surface area contributed by atoms with Gasteiger partial charge in [-0.3, -0.25) is 9.10 Å². The lowest BCUT2D eigenvalue weighted by Gasteiger charge is -2.30. The van der Waals surface area contributed by atoms with Crippen molar-refractivity contribution in [2.24, 2.45) is 0 Å². The van der Waals surface area contributed by atoms with E-state index in [0.29, 0.717) is 17.1 Å². The molecule has 0 spiro atoms. The maximum Gasteiger partial charge on any atom is 0.268 e. The maximum absolute atomic E-state index is 13.1. The van der Waals surface area contributed by atoms with Crippen LogP contribution in [0.2, 0.25) is 0 Å². The molecule has 1 amide bonds. The first-order valence-electron chi connectivity index (χ1n) is 7.11. The van der Waals surface area contributed by atoms with Crippen LogP contribution in [0.15, 0.2) is 47.4 Å². The number of methoxy groups -OCH3 is 2. The number of anilines is 2. The molecule has 8 heteroatoms. The first-order valence-corrected chi connectivity index (χ1v) is 8.55. The van der Waals surface area contributed by atoms with Gasteiger partial charge in [-0.05, 0) is 24.3 Å². The maximum atomic E-state index is 13.1. The summed E-state index contributed by atoms with van der Waals surface area (Å²) in [6, 6.07) is 11.2. The van der Waals surface area contributed by atoms with Gasteiger partial charge in [-0.25, -0.2) is 8.42 Å². The third-order valence-electron chi connectivity index (χ3n) is 3.67. The van der Waals surface area contributed by atoms with E-state index in [-0.39, 0.29) is 17.2 Å². The average molecular weight is 348 g/mol. The van der Waals surface area contributed by atoms with Crippen LogP contribution in [0.3, 0.4) is 0 Å². The highest BCUT2D eigenvalue weighted by Gasteiger charge is 2.34. The Morgan fingerprint density at radius 1 is 1.08 bits per heavy atom. The molecule has 1 aliphatic rings. The van der Waals surface area contributed by atoms with Gasteiger partial charge < -0.3 is 14.8 Å². The molecule has 1 heterocycles. The summed E-state index contributed by atoms with van der Waals surface area (Å²) >= 11 is 0. The van der Waals surface area contributed by atoms with Crippen LogP contribution in [-0.2, 0) is 14.8 Å². The lowest BCUT2D eigenvalue weighted by Crippen LogP contribution is -2.42. The third kappa shape index (κ3) is 2.65. The van der Waals surface area contributed by atoms with Gasteiger partial charge >= 0.3 is 0 Å². The van der Waals surface area contributed by atoms with E-state index in [1.54, 1.807) is 24.3 Å². The fourth-order valence-electron chi connectivity index (χ4n) is 2.52. The van der Waals surface area contributed by atoms with E-state index in [4.69, 9.17) is 9.47 Å². The number of sulfonamides is 1. The molecule has 1 aliphatic heterocycles. The number of rotatable bonds is 4. The summed E-state index contributed by atoms with van der Waals surface area (Å²) in [4.78, 5) is 11.9. The molecule has 0 radical (unpaired) electrons. The first kappa shape index (κ1) is 16.1. The van der Waals surface area contributed by atoms with Crippen molar-refractivity contribution in [1.29, 1.82) is 0 Å². The number of fused-ring (bicyclic) bond motifs is 1. The Hall–Kier alpha value is -2.74. The molecular weight excluding hydrogens is 332 g/mol. The lowest BCUT2D eigenvalue weighted by molar-refractivity contribution is -0.115. The molecule has 126 valence electrons. The predicted octanol–water partition coefficient (Wildman–Crippen LogP) is 1.85. The standard InChI is InChI=1S/C16H16N2O5S/c1-22-11-7-8-15(14(9-11)23-2)24(20,21)18-10-16(19)17-12-5-3-4-6-13(12)18/h3-9H,10H2,1-2H3,(H,17,19). The number of carbonyl (C=O) groups excluding carboxylic acids is 1. The van der Waals surface area contributed by atoms with E-state index in [0.717, 1.165) is 4.31 Å². The monoisotopic (exact) mass is 348 g/mol. The second-order valence-corrected chi connectivity index (χ2v) is 6.92. The molecule has 7 nitrogen and oxygen atoms in total. The molecule has 0 aliphatic carbocycles. The quantitative estimate of drug-likeness (QED) is 0.911. The summed E-state index contributed by atoms with van der Waals surface area (Å²) in [6.45, 7) is -0.297. The number of hydrogen-bond donors (Lipinski definition) is 1. The highest BCUT2D eigenvalue weighted by Crippen LogP contribution is 2.37. The van der Waals surface area contributed by atoms with Crippen molar-refractivity contribution in [1.82, 2.24) is 0 Å². The van der Waals surface area contributed by atoms with Crippen molar-refractivity contribution in [2.75, 3.05) is 30.4 Å². The van der Waals surface area contributed by atoms with Gasteiger partial charge in [-0.2, -0.15) is 0 Å². The van der Waals surface area contributed by atoms with E-state index in [1.165, 1.54) is 32.4 Å². The van der Waals surface area contributed by atoms with E-state index >= 15 is 0 Å². The third-order valence-corrected chi connectivity index (χ3v) is 5.47. The lowest BCUT2D eigenvalue weighted by atomic mass is 10.2. The average Bonchev–Trinajstić information content (AvgIpc) is 2.60. The van der Waals surface area contributed by atoms with Gasteiger partial charge in [0.2, 0.25) is 5.91 Å². The minimum absolute atomic E-state index is 0.0321. The van der Waals surface area contributed by atoms with Crippen LogP contribution < -0.4 is 19.1 Å². The Labute approximate surface area is 139 Å². The second-order valence-electron chi connectivity index (χ2n) is 5.09. The summed E-state index contributed by atoms with van der Waals surface area (Å²) < 4.78 is 37.6. The summed E-state index contributed by atoms with van der Waals surface area (Å²) in [5.74, 6) is 0.227. The van der Waals surface area contributed by atoms with Gasteiger partial charge in [0, 0.05) is 6.07 Å². The number of carbonyl (C=O) groups is 1. The highest BCUT2D eigenvalue weighted by molar-refractivity contribution is 7.93. The number of para-hydroxylation sites is 2. The van der Waals surface area contributed by atoms with Crippen LogP contribution >= 0.6 is 0 Å². The molecule has 0 atom stereocenters. The van der Waals surface area contributed by atoms with Crippen molar-refractivity contribution in [3.05, 3.63) is 42.5 Å². The SMILES string of the molecule is COc1ccc(S(=O)(=O)N2CC(=O)Nc3ccccc32)c(OC)c1. The van der Waals surface area contributed by atoms with Gasteiger partial charge in [-0.15, -0.1) is 0 Å². The summed E-state index contributed by atoms with van der Waals surface area (Å²) in [6.07, 6.45) is 0. The molecule has 0 saturated heterocycles. The highest BCUT2D eigenvalue weighted by atomic mass is 32.2. The minimum atomic E-state index is -3.98. The van der Waals surface area contributed by atoms with Gasteiger partial charge in [0.1, 0.15) is 22.9 Å². The molecule has 2 aromatic rings. The molecule has 0 saturated carbocycles. The van der Waals surface area contributed by atoms with Gasteiger partial charge in [0.05, 0.1) is 25.6 Å². The molecule has 0 fully saturated rings. The number of nitrogens with one attached hydrogen (secondary N) is 1. The summed E-state index contributed by atoms with van der Waals surface area (Å²) in [5, 5.41) is 2.66. The van der Waals surface area contributed by atoms with Crippen LogP contribution in [0.4, 0.5) is 11.4 Å². The number of benzene rings is 2. The van der Waals surface area contributed by atoms with Crippen molar-refractivity contribution < 1.29 is 22.7 Å². The largest absolute Gasteiger partial charge is 0.497 e. The molecule has 2 aromatic carbocycles. The Balaban J connectivity index is 2.14. The van der Waals surface area contributed by atoms with Crippen molar-refractivity contribution in [3.8, 4) is 11.5 Å². The first-order chi connectivity index (χ1) is 11.5.